The second kappa shape index (κ2) is 4.01. The topological polar surface area (TPSA) is 42.2 Å². The zero-order valence-electron chi connectivity index (χ0n) is 8.51. The zero-order chi connectivity index (χ0) is 10.7. The summed E-state index contributed by atoms with van der Waals surface area (Å²) >= 11 is 0. The Hall–Kier alpha value is -2.02. The first-order chi connectivity index (χ1) is 7.29. The lowest BCUT2D eigenvalue weighted by molar-refractivity contribution is 0.819. The molecule has 0 aliphatic carbocycles. The molecule has 0 aromatic carbocycles. The molecule has 0 fully saturated rings. The minimum absolute atomic E-state index is 0.230. The molecule has 0 spiro atoms. The third-order valence-corrected chi connectivity index (χ3v) is 2.08. The SMILES string of the molecule is C#CCC(C)Nc1ccn2nccc2n1. The minimum atomic E-state index is 0.230. The highest BCUT2D eigenvalue weighted by molar-refractivity contribution is 5.45. The molecule has 2 rings (SSSR count). The largest absolute Gasteiger partial charge is 0.367 e. The van der Waals surface area contributed by atoms with Crippen molar-refractivity contribution in [1.82, 2.24) is 14.6 Å². The quantitative estimate of drug-likeness (QED) is 0.764. The molecular formula is C11H12N4. The molecule has 2 aromatic heterocycles. The highest BCUT2D eigenvalue weighted by Crippen LogP contribution is 2.08. The van der Waals surface area contributed by atoms with Gasteiger partial charge in [-0.3, -0.25) is 0 Å². The van der Waals surface area contributed by atoms with Gasteiger partial charge in [0.05, 0.1) is 6.20 Å². The van der Waals surface area contributed by atoms with Crippen molar-refractivity contribution in [3.63, 3.8) is 0 Å². The van der Waals surface area contributed by atoms with Gasteiger partial charge in [-0.15, -0.1) is 12.3 Å². The average molecular weight is 200 g/mol. The first-order valence-electron chi connectivity index (χ1n) is 4.80. The lowest BCUT2D eigenvalue weighted by Crippen LogP contribution is -2.15. The maximum absolute atomic E-state index is 5.23. The van der Waals surface area contributed by atoms with Crippen LogP contribution in [0.25, 0.3) is 5.65 Å². The molecule has 4 heteroatoms. The van der Waals surface area contributed by atoms with Crippen LogP contribution in [0.4, 0.5) is 5.82 Å². The molecule has 1 unspecified atom stereocenters. The van der Waals surface area contributed by atoms with Crippen LogP contribution in [0.15, 0.2) is 24.5 Å². The van der Waals surface area contributed by atoms with Crippen molar-refractivity contribution in [2.75, 3.05) is 5.32 Å². The van der Waals surface area contributed by atoms with Gasteiger partial charge >= 0.3 is 0 Å². The van der Waals surface area contributed by atoms with Crippen LogP contribution in [-0.4, -0.2) is 20.6 Å². The fourth-order valence-electron chi connectivity index (χ4n) is 1.37. The lowest BCUT2D eigenvalue weighted by Gasteiger charge is -2.11. The van der Waals surface area contributed by atoms with Gasteiger partial charge in [0.1, 0.15) is 5.82 Å². The highest BCUT2D eigenvalue weighted by atomic mass is 15.2. The monoisotopic (exact) mass is 200 g/mol. The summed E-state index contributed by atoms with van der Waals surface area (Å²) in [6.45, 7) is 2.03. The van der Waals surface area contributed by atoms with Gasteiger partial charge in [-0.25, -0.2) is 9.50 Å². The molecular weight excluding hydrogens is 188 g/mol. The Labute approximate surface area is 88.3 Å². The van der Waals surface area contributed by atoms with Crippen molar-refractivity contribution in [3.05, 3.63) is 24.5 Å². The molecule has 0 saturated carbocycles. The van der Waals surface area contributed by atoms with Crippen LogP contribution in [0.5, 0.6) is 0 Å². The number of nitrogens with one attached hydrogen (secondary N) is 1. The molecule has 4 nitrogen and oxygen atoms in total. The number of anilines is 1. The highest BCUT2D eigenvalue weighted by Gasteiger charge is 2.02. The Kier molecular flexibility index (Phi) is 2.55. The van der Waals surface area contributed by atoms with Crippen molar-refractivity contribution in [2.24, 2.45) is 0 Å². The number of terminal acetylenes is 1. The Morgan fingerprint density at radius 2 is 2.47 bits per heavy atom. The number of rotatable bonds is 3. The predicted molar refractivity (Wildman–Crippen MR) is 59.5 cm³/mol. The number of hydrogen-bond donors (Lipinski definition) is 1. The summed E-state index contributed by atoms with van der Waals surface area (Å²) in [5, 5.41) is 7.30. The van der Waals surface area contributed by atoms with Gasteiger partial charge in [-0.05, 0) is 13.0 Å². The molecule has 76 valence electrons. The fourth-order valence-corrected chi connectivity index (χ4v) is 1.37. The van der Waals surface area contributed by atoms with E-state index in [1.807, 2.05) is 25.3 Å². The molecule has 2 aromatic rings. The summed E-state index contributed by atoms with van der Waals surface area (Å²) in [7, 11) is 0. The van der Waals surface area contributed by atoms with Crippen molar-refractivity contribution < 1.29 is 0 Å². The third-order valence-electron chi connectivity index (χ3n) is 2.08. The van der Waals surface area contributed by atoms with Crippen LogP contribution in [-0.2, 0) is 0 Å². The van der Waals surface area contributed by atoms with Gasteiger partial charge in [0.15, 0.2) is 5.65 Å². The van der Waals surface area contributed by atoms with E-state index in [0.29, 0.717) is 6.42 Å². The Morgan fingerprint density at radius 1 is 1.60 bits per heavy atom. The summed E-state index contributed by atoms with van der Waals surface area (Å²) in [4.78, 5) is 4.38. The first kappa shape index (κ1) is 9.53. The van der Waals surface area contributed by atoms with Gasteiger partial charge in [-0.2, -0.15) is 5.10 Å². The maximum atomic E-state index is 5.23. The van der Waals surface area contributed by atoms with E-state index in [1.54, 1.807) is 10.7 Å². The number of aromatic nitrogens is 3. The molecule has 0 saturated heterocycles. The molecule has 0 aliphatic heterocycles. The fraction of sp³-hybridized carbons (Fsp3) is 0.273. The summed E-state index contributed by atoms with van der Waals surface area (Å²) in [5.74, 6) is 3.44. The second-order valence-electron chi connectivity index (χ2n) is 3.40. The average Bonchev–Trinajstić information content (AvgIpc) is 2.65. The molecule has 0 bridgehead atoms. The second-order valence-corrected chi connectivity index (χ2v) is 3.40. The Bertz CT molecular complexity index is 495. The van der Waals surface area contributed by atoms with Crippen molar-refractivity contribution in [2.45, 2.75) is 19.4 Å². The van der Waals surface area contributed by atoms with E-state index < -0.39 is 0 Å². The zero-order valence-corrected chi connectivity index (χ0v) is 8.51. The Morgan fingerprint density at radius 3 is 3.27 bits per heavy atom. The van der Waals surface area contributed by atoms with E-state index >= 15 is 0 Å². The maximum Gasteiger partial charge on any atom is 0.157 e. The van der Waals surface area contributed by atoms with E-state index in [-0.39, 0.29) is 6.04 Å². The normalized spacial score (nSPS) is 12.3. The van der Waals surface area contributed by atoms with Crippen molar-refractivity contribution in [3.8, 4) is 12.3 Å². The first-order valence-corrected chi connectivity index (χ1v) is 4.80. The summed E-state index contributed by atoms with van der Waals surface area (Å²) in [5.41, 5.74) is 0.827. The molecule has 0 amide bonds. The minimum Gasteiger partial charge on any atom is -0.367 e. The molecule has 2 heterocycles. The Balaban J connectivity index is 2.18. The van der Waals surface area contributed by atoms with E-state index in [1.165, 1.54) is 0 Å². The summed E-state index contributed by atoms with van der Waals surface area (Å²) in [6, 6.07) is 3.97. The van der Waals surface area contributed by atoms with Gasteiger partial charge in [0.2, 0.25) is 0 Å². The standard InChI is InChI=1S/C11H12N4/c1-3-4-9(2)13-10-6-8-15-11(14-10)5-7-12-15/h1,5-9H,4H2,2H3,(H,13,14). The number of fused-ring (bicyclic) bond motifs is 1. The number of nitrogens with zero attached hydrogens (tertiary/aromatic N) is 3. The van der Waals surface area contributed by atoms with Gasteiger partial charge < -0.3 is 5.32 Å². The predicted octanol–water partition coefficient (Wildman–Crippen LogP) is 1.55. The van der Waals surface area contributed by atoms with E-state index in [0.717, 1.165) is 11.5 Å². The smallest absolute Gasteiger partial charge is 0.157 e. The lowest BCUT2D eigenvalue weighted by atomic mass is 10.2. The van der Waals surface area contributed by atoms with Gasteiger partial charge in [0, 0.05) is 24.7 Å². The molecule has 15 heavy (non-hydrogen) atoms. The van der Waals surface area contributed by atoms with E-state index in [2.05, 4.69) is 21.3 Å². The summed E-state index contributed by atoms with van der Waals surface area (Å²) in [6.07, 6.45) is 9.51. The van der Waals surface area contributed by atoms with E-state index in [9.17, 15) is 0 Å². The molecule has 1 N–H and O–H groups in total. The van der Waals surface area contributed by atoms with Crippen LogP contribution in [0, 0.1) is 12.3 Å². The number of hydrogen-bond acceptors (Lipinski definition) is 3. The van der Waals surface area contributed by atoms with Crippen molar-refractivity contribution >= 4 is 11.5 Å². The molecule has 0 aliphatic rings. The van der Waals surface area contributed by atoms with Crippen molar-refractivity contribution in [1.29, 1.82) is 0 Å². The van der Waals surface area contributed by atoms with Crippen LogP contribution >= 0.6 is 0 Å². The van der Waals surface area contributed by atoms with Crippen LogP contribution in [0.3, 0.4) is 0 Å². The molecule has 0 radical (unpaired) electrons. The molecule has 1 atom stereocenters. The van der Waals surface area contributed by atoms with E-state index in [4.69, 9.17) is 6.42 Å². The van der Waals surface area contributed by atoms with Gasteiger partial charge in [-0.1, -0.05) is 0 Å². The summed E-state index contributed by atoms with van der Waals surface area (Å²) < 4.78 is 1.72. The van der Waals surface area contributed by atoms with Gasteiger partial charge in [0.25, 0.3) is 0 Å². The van der Waals surface area contributed by atoms with Crippen LogP contribution in [0.2, 0.25) is 0 Å². The van der Waals surface area contributed by atoms with Crippen LogP contribution < -0.4 is 5.32 Å². The third kappa shape index (κ3) is 2.08. The van der Waals surface area contributed by atoms with Crippen LogP contribution in [0.1, 0.15) is 13.3 Å².